The molecule has 0 aliphatic carbocycles. The zero-order chi connectivity index (χ0) is 13.8. The van der Waals surface area contributed by atoms with E-state index >= 15 is 0 Å². The summed E-state index contributed by atoms with van der Waals surface area (Å²) in [5.41, 5.74) is 10.6. The lowest BCUT2D eigenvalue weighted by Gasteiger charge is -2.06. The highest BCUT2D eigenvalue weighted by Gasteiger charge is 2.10. The van der Waals surface area contributed by atoms with Gasteiger partial charge in [-0.05, 0) is 24.6 Å². The molecule has 1 aromatic carbocycles. The van der Waals surface area contributed by atoms with Crippen molar-refractivity contribution in [2.75, 3.05) is 5.73 Å². The molecule has 0 unspecified atom stereocenters. The Morgan fingerprint density at radius 3 is 3.05 bits per heavy atom. The maximum absolute atomic E-state index is 11.3. The van der Waals surface area contributed by atoms with Crippen LogP contribution < -0.4 is 17.0 Å². The lowest BCUT2D eigenvalue weighted by molar-refractivity contribution is 0.0953. The molecule has 2 rings (SSSR count). The van der Waals surface area contributed by atoms with E-state index in [1.165, 1.54) is 11.3 Å². The van der Waals surface area contributed by atoms with Crippen LogP contribution in [0, 0.1) is 6.92 Å². The number of hydrazine groups is 1. The van der Waals surface area contributed by atoms with E-state index < -0.39 is 0 Å². The summed E-state index contributed by atoms with van der Waals surface area (Å²) in [7, 11) is 0. The number of nitrogens with zero attached hydrogens (tertiary/aromatic N) is 1. The van der Waals surface area contributed by atoms with Gasteiger partial charge < -0.3 is 5.73 Å². The maximum atomic E-state index is 11.3. The van der Waals surface area contributed by atoms with Crippen molar-refractivity contribution in [2.24, 2.45) is 5.84 Å². The number of hydrogen-bond acceptors (Lipinski definition) is 6. The van der Waals surface area contributed by atoms with Gasteiger partial charge in [-0.2, -0.15) is 0 Å². The number of nitrogens with one attached hydrogen (secondary N) is 1. The molecule has 1 aromatic heterocycles. The van der Waals surface area contributed by atoms with Gasteiger partial charge in [-0.1, -0.05) is 6.07 Å². The first-order chi connectivity index (χ1) is 9.11. The third kappa shape index (κ3) is 3.25. The van der Waals surface area contributed by atoms with Crippen molar-refractivity contribution in [3.05, 3.63) is 39.8 Å². The molecule has 0 aliphatic heterocycles. The van der Waals surface area contributed by atoms with Crippen molar-refractivity contribution in [1.29, 1.82) is 0 Å². The zero-order valence-corrected chi connectivity index (χ0v) is 12.0. The highest BCUT2D eigenvalue weighted by atomic mass is 32.2. The van der Waals surface area contributed by atoms with E-state index in [1.54, 1.807) is 11.8 Å². The maximum Gasteiger partial charge on any atom is 0.294 e. The number of anilines is 1. The number of carbonyl (C=O) groups is 1. The van der Waals surface area contributed by atoms with Crippen molar-refractivity contribution in [3.8, 4) is 0 Å². The molecule has 0 aliphatic rings. The Balaban J connectivity index is 2.04. The summed E-state index contributed by atoms with van der Waals surface area (Å²) in [6, 6.07) is 5.83. The number of rotatable bonds is 4. The van der Waals surface area contributed by atoms with Crippen molar-refractivity contribution in [1.82, 2.24) is 10.4 Å². The molecular weight excluding hydrogens is 280 g/mol. The molecular formula is C12H14N4OS2. The molecule has 0 saturated heterocycles. The van der Waals surface area contributed by atoms with Crippen LogP contribution in [0.15, 0.2) is 28.5 Å². The average Bonchev–Trinajstić information content (AvgIpc) is 2.88. The van der Waals surface area contributed by atoms with E-state index in [0.29, 0.717) is 10.8 Å². The molecule has 5 N–H and O–H groups in total. The standard InChI is InChI=1S/C12H14N4OS2/c1-7-9(13)3-2-4-10(7)18-5-8-6-19-12(15-8)11(17)16-14/h2-4,6H,5,13-14H2,1H3,(H,16,17). The third-order valence-corrected chi connectivity index (χ3v) is 4.66. The van der Waals surface area contributed by atoms with Gasteiger partial charge in [-0.3, -0.25) is 10.2 Å². The smallest absolute Gasteiger partial charge is 0.294 e. The van der Waals surface area contributed by atoms with Gasteiger partial charge in [0.15, 0.2) is 5.01 Å². The topological polar surface area (TPSA) is 94.0 Å². The monoisotopic (exact) mass is 294 g/mol. The molecule has 1 heterocycles. The predicted molar refractivity (Wildman–Crippen MR) is 78.9 cm³/mol. The minimum absolute atomic E-state index is 0.360. The van der Waals surface area contributed by atoms with Crippen LogP contribution in [-0.2, 0) is 5.75 Å². The van der Waals surface area contributed by atoms with Crippen LogP contribution in [0.25, 0.3) is 0 Å². The van der Waals surface area contributed by atoms with E-state index in [0.717, 1.165) is 21.8 Å². The van der Waals surface area contributed by atoms with Gasteiger partial charge in [-0.25, -0.2) is 10.8 Å². The van der Waals surface area contributed by atoms with E-state index in [4.69, 9.17) is 11.6 Å². The van der Waals surface area contributed by atoms with E-state index in [9.17, 15) is 4.79 Å². The van der Waals surface area contributed by atoms with E-state index in [1.807, 2.05) is 30.5 Å². The summed E-state index contributed by atoms with van der Waals surface area (Å²) < 4.78 is 0. The van der Waals surface area contributed by atoms with Crippen molar-refractivity contribution in [3.63, 3.8) is 0 Å². The van der Waals surface area contributed by atoms with Gasteiger partial charge in [0, 0.05) is 21.7 Å². The largest absolute Gasteiger partial charge is 0.398 e. The van der Waals surface area contributed by atoms with Gasteiger partial charge in [0.05, 0.1) is 5.69 Å². The molecule has 0 atom stereocenters. The Morgan fingerprint density at radius 1 is 1.53 bits per heavy atom. The number of amides is 1. The highest BCUT2D eigenvalue weighted by Crippen LogP contribution is 2.29. The number of thioether (sulfide) groups is 1. The Morgan fingerprint density at radius 2 is 2.32 bits per heavy atom. The van der Waals surface area contributed by atoms with Gasteiger partial charge >= 0.3 is 0 Å². The molecule has 0 spiro atoms. The number of nitrogens with two attached hydrogens (primary N) is 2. The lowest BCUT2D eigenvalue weighted by atomic mass is 10.2. The van der Waals surface area contributed by atoms with Gasteiger partial charge in [0.1, 0.15) is 0 Å². The van der Waals surface area contributed by atoms with Crippen LogP contribution >= 0.6 is 23.1 Å². The van der Waals surface area contributed by atoms with Crippen LogP contribution in [0.1, 0.15) is 21.1 Å². The van der Waals surface area contributed by atoms with Crippen molar-refractivity contribution < 1.29 is 4.79 Å². The molecule has 5 nitrogen and oxygen atoms in total. The third-order valence-electron chi connectivity index (χ3n) is 2.58. The van der Waals surface area contributed by atoms with Crippen LogP contribution in [0.5, 0.6) is 0 Å². The number of benzene rings is 1. The number of nitrogen functional groups attached to an aromatic ring is 2. The first kappa shape index (κ1) is 13.9. The predicted octanol–water partition coefficient (Wildman–Crippen LogP) is 1.93. The van der Waals surface area contributed by atoms with Crippen LogP contribution in [0.3, 0.4) is 0 Å². The van der Waals surface area contributed by atoms with E-state index in [2.05, 4.69) is 10.4 Å². The normalized spacial score (nSPS) is 10.4. The quantitative estimate of drug-likeness (QED) is 0.263. The zero-order valence-electron chi connectivity index (χ0n) is 10.3. The number of thiazole rings is 1. The molecule has 2 aromatic rings. The Hall–Kier alpha value is -1.57. The lowest BCUT2D eigenvalue weighted by Crippen LogP contribution is -2.29. The Bertz CT molecular complexity index is 597. The van der Waals surface area contributed by atoms with Gasteiger partial charge in [0.2, 0.25) is 0 Å². The molecule has 0 bridgehead atoms. The summed E-state index contributed by atoms with van der Waals surface area (Å²) >= 11 is 2.93. The second-order valence-electron chi connectivity index (χ2n) is 3.88. The molecule has 0 fully saturated rings. The number of hydrogen-bond donors (Lipinski definition) is 3. The number of aromatic nitrogens is 1. The average molecular weight is 294 g/mol. The second-order valence-corrected chi connectivity index (χ2v) is 5.75. The molecule has 1 amide bonds. The molecule has 7 heteroatoms. The molecule has 0 radical (unpaired) electrons. The molecule has 0 saturated carbocycles. The summed E-state index contributed by atoms with van der Waals surface area (Å²) in [4.78, 5) is 16.6. The first-order valence-corrected chi connectivity index (χ1v) is 7.41. The fourth-order valence-electron chi connectivity index (χ4n) is 1.48. The fourth-order valence-corrected chi connectivity index (χ4v) is 3.26. The van der Waals surface area contributed by atoms with Crippen LogP contribution in [-0.4, -0.2) is 10.9 Å². The number of carbonyl (C=O) groups excluding carboxylic acids is 1. The first-order valence-electron chi connectivity index (χ1n) is 5.55. The summed E-state index contributed by atoms with van der Waals surface area (Å²) in [5.74, 6) is 5.40. The summed E-state index contributed by atoms with van der Waals surface area (Å²) in [6.07, 6.45) is 0. The minimum atomic E-state index is -0.360. The molecule has 19 heavy (non-hydrogen) atoms. The fraction of sp³-hybridized carbons (Fsp3) is 0.167. The SMILES string of the molecule is Cc1c(N)cccc1SCc1csc(C(=O)NN)n1. The van der Waals surface area contributed by atoms with Crippen LogP contribution in [0.4, 0.5) is 5.69 Å². The second kappa shape index (κ2) is 6.05. The van der Waals surface area contributed by atoms with Crippen LogP contribution in [0.2, 0.25) is 0 Å². The minimum Gasteiger partial charge on any atom is -0.398 e. The summed E-state index contributed by atoms with van der Waals surface area (Å²) in [6.45, 7) is 1.99. The Kier molecular flexibility index (Phi) is 4.41. The highest BCUT2D eigenvalue weighted by molar-refractivity contribution is 7.98. The van der Waals surface area contributed by atoms with E-state index in [-0.39, 0.29) is 5.91 Å². The Labute approximate surface area is 119 Å². The van der Waals surface area contributed by atoms with Gasteiger partial charge in [0.25, 0.3) is 5.91 Å². The van der Waals surface area contributed by atoms with Gasteiger partial charge in [-0.15, -0.1) is 23.1 Å². The summed E-state index contributed by atoms with van der Waals surface area (Å²) in [5, 5.41) is 2.24. The van der Waals surface area contributed by atoms with Crippen molar-refractivity contribution in [2.45, 2.75) is 17.6 Å². The van der Waals surface area contributed by atoms with Crippen molar-refractivity contribution >= 4 is 34.7 Å². The molecule has 100 valence electrons.